The number of nitrogen functional groups attached to an aromatic ring is 1. The summed E-state index contributed by atoms with van der Waals surface area (Å²) in [5, 5.41) is 25.9. The first-order valence-electron chi connectivity index (χ1n) is 9.96. The maximum Gasteiger partial charge on any atom is 0.292 e. The van der Waals surface area contributed by atoms with Crippen molar-refractivity contribution in [3.05, 3.63) is 63.8 Å². The molecule has 16 nitrogen and oxygen atoms in total. The number of anilines is 1. The predicted molar refractivity (Wildman–Crippen MR) is 120 cm³/mol. The molecule has 0 saturated carbocycles. The summed E-state index contributed by atoms with van der Waals surface area (Å²) in [4.78, 5) is 36.3. The minimum absolute atomic E-state index is 0.0449. The molecule has 0 aliphatic rings. The summed E-state index contributed by atoms with van der Waals surface area (Å²) in [6.07, 6.45) is 0. The van der Waals surface area contributed by atoms with Gasteiger partial charge in [0.15, 0.2) is 5.69 Å². The number of non-ortho nitro benzene ring substituents is 1. The predicted octanol–water partition coefficient (Wildman–Crippen LogP) is 0.900. The largest absolute Gasteiger partial charge is 0.496 e. The molecular formula is C20H17N9O7. The first kappa shape index (κ1) is 23.6. The van der Waals surface area contributed by atoms with Crippen molar-refractivity contribution >= 4 is 23.3 Å². The van der Waals surface area contributed by atoms with Crippen LogP contribution in [0.3, 0.4) is 0 Å². The first-order valence-corrected chi connectivity index (χ1v) is 9.96. The Balaban J connectivity index is 1.67. The highest BCUT2D eigenvalue weighted by Gasteiger charge is 2.27. The van der Waals surface area contributed by atoms with Crippen LogP contribution in [0, 0.1) is 10.1 Å². The molecule has 0 bridgehead atoms. The summed E-state index contributed by atoms with van der Waals surface area (Å²) >= 11 is 0. The van der Waals surface area contributed by atoms with Crippen molar-refractivity contribution in [3.63, 3.8) is 0 Å². The third kappa shape index (κ3) is 4.32. The maximum atomic E-state index is 13.0. The molecule has 184 valence electrons. The van der Waals surface area contributed by atoms with Crippen LogP contribution >= 0.6 is 0 Å². The number of carbonyl (C=O) groups is 2. The summed E-state index contributed by atoms with van der Waals surface area (Å²) in [5.41, 5.74) is 10.2. The number of rotatable bonds is 7. The number of carbonyl (C=O) groups excluding carboxylic acids is 2. The number of ether oxygens (including phenoxy) is 2. The topological polar surface area (TPSA) is 215 Å². The lowest BCUT2D eigenvalue weighted by atomic mass is 10.1. The lowest BCUT2D eigenvalue weighted by molar-refractivity contribution is -0.384. The highest BCUT2D eigenvalue weighted by molar-refractivity contribution is 6.03. The lowest BCUT2D eigenvalue weighted by Crippen LogP contribution is -2.42. The quantitative estimate of drug-likeness (QED) is 0.241. The van der Waals surface area contributed by atoms with E-state index in [0.29, 0.717) is 5.56 Å². The monoisotopic (exact) mass is 495 g/mol. The first-order chi connectivity index (χ1) is 17.3. The molecule has 4 N–H and O–H groups in total. The highest BCUT2D eigenvalue weighted by atomic mass is 16.6. The van der Waals surface area contributed by atoms with Gasteiger partial charge in [-0.2, -0.15) is 4.68 Å². The molecule has 0 aliphatic carbocycles. The third-order valence-electron chi connectivity index (χ3n) is 4.88. The fraction of sp³-hybridized carbons (Fsp3) is 0.100. The average Bonchev–Trinajstić information content (AvgIpc) is 3.52. The van der Waals surface area contributed by atoms with Gasteiger partial charge in [0, 0.05) is 17.7 Å². The number of benzene rings is 2. The SMILES string of the molecule is COc1cccc(OC)c1C(=O)NNC(=O)c1nnn(-c2nonc2N)c1-c1ccc([N+](=O)[O-])cc1. The van der Waals surface area contributed by atoms with Gasteiger partial charge in [-0.1, -0.05) is 11.3 Å². The molecule has 0 fully saturated rings. The van der Waals surface area contributed by atoms with E-state index < -0.39 is 16.7 Å². The Kier molecular flexibility index (Phi) is 6.40. The molecule has 0 unspecified atom stereocenters. The second-order valence-corrected chi connectivity index (χ2v) is 6.92. The Morgan fingerprint density at radius 2 is 1.67 bits per heavy atom. The van der Waals surface area contributed by atoms with Gasteiger partial charge in [0.25, 0.3) is 17.5 Å². The number of nitrogens with one attached hydrogen (secondary N) is 2. The molecule has 2 heterocycles. The number of methoxy groups -OCH3 is 2. The van der Waals surface area contributed by atoms with Crippen molar-refractivity contribution in [2.45, 2.75) is 0 Å². The van der Waals surface area contributed by atoms with Crippen LogP contribution in [-0.2, 0) is 0 Å². The molecule has 4 rings (SSSR count). The van der Waals surface area contributed by atoms with Crippen molar-refractivity contribution in [2.75, 3.05) is 20.0 Å². The van der Waals surface area contributed by atoms with E-state index in [1.807, 2.05) is 0 Å². The van der Waals surface area contributed by atoms with Crippen molar-refractivity contribution < 1.29 is 28.6 Å². The van der Waals surface area contributed by atoms with E-state index in [1.54, 1.807) is 18.2 Å². The van der Waals surface area contributed by atoms with Gasteiger partial charge in [-0.05, 0) is 34.6 Å². The minimum atomic E-state index is -0.869. The smallest absolute Gasteiger partial charge is 0.292 e. The zero-order valence-corrected chi connectivity index (χ0v) is 18.7. The normalized spacial score (nSPS) is 10.5. The molecule has 0 saturated heterocycles. The Labute approximate surface area is 201 Å². The Morgan fingerprint density at radius 1 is 1.03 bits per heavy atom. The number of nitro groups is 1. The van der Waals surface area contributed by atoms with Crippen LogP contribution in [0.2, 0.25) is 0 Å². The molecule has 0 aliphatic heterocycles. The van der Waals surface area contributed by atoms with Crippen LogP contribution < -0.4 is 26.1 Å². The van der Waals surface area contributed by atoms with E-state index in [9.17, 15) is 19.7 Å². The summed E-state index contributed by atoms with van der Waals surface area (Å²) in [6, 6.07) is 9.95. The molecule has 2 aromatic heterocycles. The Bertz CT molecular complexity index is 1420. The van der Waals surface area contributed by atoms with Crippen LogP contribution in [-0.4, -0.2) is 56.3 Å². The van der Waals surface area contributed by atoms with E-state index in [-0.39, 0.29) is 45.8 Å². The van der Waals surface area contributed by atoms with Gasteiger partial charge in [0.1, 0.15) is 22.8 Å². The van der Waals surface area contributed by atoms with Crippen LogP contribution in [0.5, 0.6) is 11.5 Å². The van der Waals surface area contributed by atoms with Gasteiger partial charge >= 0.3 is 0 Å². The molecule has 36 heavy (non-hydrogen) atoms. The van der Waals surface area contributed by atoms with E-state index >= 15 is 0 Å². The fourth-order valence-electron chi connectivity index (χ4n) is 3.23. The third-order valence-corrected chi connectivity index (χ3v) is 4.88. The zero-order valence-electron chi connectivity index (χ0n) is 18.7. The van der Waals surface area contributed by atoms with Crippen LogP contribution in [0.25, 0.3) is 17.1 Å². The zero-order chi connectivity index (χ0) is 25.8. The van der Waals surface area contributed by atoms with Crippen LogP contribution in [0.1, 0.15) is 20.8 Å². The Morgan fingerprint density at radius 3 is 2.22 bits per heavy atom. The van der Waals surface area contributed by atoms with Gasteiger partial charge in [-0.3, -0.25) is 30.6 Å². The second-order valence-electron chi connectivity index (χ2n) is 6.92. The van der Waals surface area contributed by atoms with Crippen molar-refractivity contribution in [3.8, 4) is 28.6 Å². The second kappa shape index (κ2) is 9.75. The van der Waals surface area contributed by atoms with Gasteiger partial charge < -0.3 is 15.2 Å². The number of amides is 2. The van der Waals surface area contributed by atoms with E-state index in [2.05, 4.69) is 36.1 Å². The number of nitrogens with two attached hydrogens (primary N) is 1. The summed E-state index contributed by atoms with van der Waals surface area (Å²) in [5.74, 6) is -1.39. The van der Waals surface area contributed by atoms with Gasteiger partial charge in [-0.25, -0.2) is 4.63 Å². The number of aromatic nitrogens is 5. The van der Waals surface area contributed by atoms with Crippen LogP contribution in [0.4, 0.5) is 11.5 Å². The molecule has 2 aromatic carbocycles. The molecule has 0 radical (unpaired) electrons. The molecule has 0 spiro atoms. The van der Waals surface area contributed by atoms with E-state index in [1.165, 1.54) is 38.5 Å². The molecule has 0 atom stereocenters. The lowest BCUT2D eigenvalue weighted by Gasteiger charge is -2.13. The number of nitro benzene ring substituents is 1. The fourth-order valence-corrected chi connectivity index (χ4v) is 3.23. The molecule has 4 aromatic rings. The van der Waals surface area contributed by atoms with Crippen molar-refractivity contribution in [2.24, 2.45) is 0 Å². The Hall–Kier alpha value is -5.54. The average molecular weight is 495 g/mol. The summed E-state index contributed by atoms with van der Waals surface area (Å²) < 4.78 is 16.1. The van der Waals surface area contributed by atoms with E-state index in [0.717, 1.165) is 4.68 Å². The maximum absolute atomic E-state index is 13.0. The van der Waals surface area contributed by atoms with Gasteiger partial charge in [0.05, 0.1) is 19.1 Å². The summed E-state index contributed by atoms with van der Waals surface area (Å²) in [7, 11) is 2.76. The van der Waals surface area contributed by atoms with Crippen molar-refractivity contribution in [1.29, 1.82) is 0 Å². The standard InChI is InChI=1S/C20H17N9O7/c1-34-12-4-3-5-13(35-2)14(12)19(30)23-24-20(31)15-16(10-6-8-11(9-7-10)29(32)33)28(27-22-15)18-17(21)25-36-26-18/h3-9H,1-2H3,(H2,21,25)(H,23,30)(H,24,31). The molecule has 2 amide bonds. The summed E-state index contributed by atoms with van der Waals surface area (Å²) in [6.45, 7) is 0. The number of hydrogen-bond donors (Lipinski definition) is 3. The van der Waals surface area contributed by atoms with Gasteiger partial charge in [-0.15, -0.1) is 5.10 Å². The van der Waals surface area contributed by atoms with Gasteiger partial charge in [0.2, 0.25) is 11.6 Å². The van der Waals surface area contributed by atoms with Crippen LogP contribution in [0.15, 0.2) is 47.1 Å². The number of hydrazine groups is 1. The molecule has 16 heteroatoms. The minimum Gasteiger partial charge on any atom is -0.496 e. The number of hydrogen-bond acceptors (Lipinski definition) is 12. The number of nitrogens with zero attached hydrogens (tertiary/aromatic N) is 6. The van der Waals surface area contributed by atoms with Crippen molar-refractivity contribution in [1.82, 2.24) is 36.2 Å². The molecular weight excluding hydrogens is 478 g/mol. The van der Waals surface area contributed by atoms with E-state index in [4.69, 9.17) is 15.2 Å². The highest BCUT2D eigenvalue weighted by Crippen LogP contribution is 2.29.